The van der Waals surface area contributed by atoms with E-state index in [1.807, 2.05) is 31.2 Å². The van der Waals surface area contributed by atoms with Gasteiger partial charge >= 0.3 is 0 Å². The first-order valence-corrected chi connectivity index (χ1v) is 8.90. The quantitative estimate of drug-likeness (QED) is 0.634. The number of ether oxygens (including phenoxy) is 1. The van der Waals surface area contributed by atoms with Crippen LogP contribution < -0.4 is 10.1 Å². The van der Waals surface area contributed by atoms with Crippen LogP contribution in [0.1, 0.15) is 18.2 Å². The Bertz CT molecular complexity index is 873. The van der Waals surface area contributed by atoms with Crippen LogP contribution in [0.3, 0.4) is 0 Å². The van der Waals surface area contributed by atoms with Crippen molar-refractivity contribution in [2.45, 2.75) is 30.9 Å². The first-order chi connectivity index (χ1) is 12.6. The van der Waals surface area contributed by atoms with Crippen LogP contribution in [0.5, 0.6) is 5.75 Å². The molecular weight excluding hydrogens is 354 g/mol. The van der Waals surface area contributed by atoms with Gasteiger partial charge < -0.3 is 18.9 Å². The Balaban J connectivity index is 1.54. The minimum atomic E-state index is -0.369. The van der Waals surface area contributed by atoms with Crippen LogP contribution in [0.4, 0.5) is 0 Å². The molecule has 136 valence electrons. The van der Waals surface area contributed by atoms with Crippen LogP contribution in [0.2, 0.25) is 0 Å². The van der Waals surface area contributed by atoms with Crippen molar-refractivity contribution >= 4 is 17.7 Å². The van der Waals surface area contributed by atoms with E-state index in [1.54, 1.807) is 26.4 Å². The highest BCUT2D eigenvalue weighted by Crippen LogP contribution is 2.28. The molecule has 3 aromatic rings. The number of nitrogens with zero attached hydrogens (tertiary/aromatic N) is 2. The standard InChI is InChI=1S/C18H19N3O4S/c1-11-15(8-9-24-11)17-20-21-18(25-17)26-12(2)16(22)19-10-13-4-6-14(23-3)7-5-13/h4-9,12H,10H2,1-3H3,(H,19,22)/t12-/m0/s1. The Morgan fingerprint density at radius 1 is 1.27 bits per heavy atom. The molecule has 0 saturated heterocycles. The monoisotopic (exact) mass is 373 g/mol. The number of benzene rings is 1. The fourth-order valence-electron chi connectivity index (χ4n) is 2.25. The van der Waals surface area contributed by atoms with Crippen molar-refractivity contribution < 1.29 is 18.4 Å². The lowest BCUT2D eigenvalue weighted by Crippen LogP contribution is -2.30. The van der Waals surface area contributed by atoms with E-state index in [9.17, 15) is 4.79 Å². The maximum atomic E-state index is 12.3. The SMILES string of the molecule is COc1ccc(CNC(=O)[C@H](C)Sc2nnc(-c3ccoc3C)o2)cc1. The lowest BCUT2D eigenvalue weighted by Gasteiger charge is -2.10. The highest BCUT2D eigenvalue weighted by Gasteiger charge is 2.19. The largest absolute Gasteiger partial charge is 0.497 e. The molecule has 1 atom stereocenters. The summed E-state index contributed by atoms with van der Waals surface area (Å²) in [7, 11) is 1.62. The van der Waals surface area contributed by atoms with Gasteiger partial charge in [0, 0.05) is 6.54 Å². The second kappa shape index (κ2) is 8.09. The third-order valence-corrected chi connectivity index (χ3v) is 4.70. The summed E-state index contributed by atoms with van der Waals surface area (Å²) in [5.74, 6) is 1.76. The number of thioether (sulfide) groups is 1. The summed E-state index contributed by atoms with van der Waals surface area (Å²) >= 11 is 1.21. The van der Waals surface area contributed by atoms with Crippen LogP contribution in [-0.4, -0.2) is 28.5 Å². The van der Waals surface area contributed by atoms with Gasteiger partial charge in [0.25, 0.3) is 11.1 Å². The van der Waals surface area contributed by atoms with Gasteiger partial charge in [0.15, 0.2) is 0 Å². The summed E-state index contributed by atoms with van der Waals surface area (Å²) in [5, 5.41) is 10.9. The van der Waals surface area contributed by atoms with Crippen molar-refractivity contribution in [3.8, 4) is 17.2 Å². The van der Waals surface area contributed by atoms with Crippen LogP contribution in [0, 0.1) is 6.92 Å². The van der Waals surface area contributed by atoms with E-state index in [4.69, 9.17) is 13.6 Å². The van der Waals surface area contributed by atoms with Crippen molar-refractivity contribution in [1.29, 1.82) is 0 Å². The lowest BCUT2D eigenvalue weighted by molar-refractivity contribution is -0.120. The molecule has 3 rings (SSSR count). The number of aromatic nitrogens is 2. The average Bonchev–Trinajstić information content (AvgIpc) is 3.28. The number of carbonyl (C=O) groups excluding carboxylic acids is 1. The molecule has 0 aliphatic heterocycles. The Labute approximate surface area is 155 Å². The van der Waals surface area contributed by atoms with Gasteiger partial charge in [-0.2, -0.15) is 0 Å². The number of methoxy groups -OCH3 is 1. The Morgan fingerprint density at radius 3 is 2.69 bits per heavy atom. The molecule has 1 aromatic carbocycles. The first kappa shape index (κ1) is 18.1. The zero-order chi connectivity index (χ0) is 18.5. The van der Waals surface area contributed by atoms with E-state index in [0.717, 1.165) is 16.9 Å². The van der Waals surface area contributed by atoms with Crippen molar-refractivity contribution in [3.63, 3.8) is 0 Å². The fourth-order valence-corrected chi connectivity index (χ4v) is 2.96. The molecule has 0 saturated carbocycles. The number of furan rings is 1. The second-order valence-corrected chi connectivity index (χ2v) is 6.88. The molecule has 0 bridgehead atoms. The summed E-state index contributed by atoms with van der Waals surface area (Å²) in [6, 6.07) is 9.31. The minimum absolute atomic E-state index is 0.106. The summed E-state index contributed by atoms with van der Waals surface area (Å²) in [5.41, 5.74) is 1.74. The van der Waals surface area contributed by atoms with Crippen LogP contribution in [-0.2, 0) is 11.3 Å². The number of hydrogen-bond donors (Lipinski definition) is 1. The molecule has 7 nitrogen and oxygen atoms in total. The minimum Gasteiger partial charge on any atom is -0.497 e. The fraction of sp³-hybridized carbons (Fsp3) is 0.278. The van der Waals surface area contributed by atoms with Crippen molar-refractivity contribution in [1.82, 2.24) is 15.5 Å². The second-order valence-electron chi connectivity index (χ2n) is 5.59. The van der Waals surface area contributed by atoms with Crippen molar-refractivity contribution in [3.05, 3.63) is 47.9 Å². The summed E-state index contributed by atoms with van der Waals surface area (Å²) in [6.45, 7) is 4.06. The van der Waals surface area contributed by atoms with E-state index in [1.165, 1.54) is 11.8 Å². The van der Waals surface area contributed by atoms with Gasteiger partial charge in [0.05, 0.1) is 24.2 Å². The normalized spacial score (nSPS) is 12.0. The predicted molar refractivity (Wildman–Crippen MR) is 96.9 cm³/mol. The Kier molecular flexibility index (Phi) is 5.62. The molecule has 0 unspecified atom stereocenters. The summed E-state index contributed by atoms with van der Waals surface area (Å²) < 4.78 is 15.9. The predicted octanol–water partition coefficient (Wildman–Crippen LogP) is 3.44. The summed E-state index contributed by atoms with van der Waals surface area (Å²) in [6.07, 6.45) is 1.57. The topological polar surface area (TPSA) is 90.4 Å². The lowest BCUT2D eigenvalue weighted by atomic mass is 10.2. The number of rotatable bonds is 7. The van der Waals surface area contributed by atoms with E-state index in [-0.39, 0.29) is 11.2 Å². The van der Waals surface area contributed by atoms with Gasteiger partial charge in [-0.1, -0.05) is 23.9 Å². The molecule has 1 N–H and O–H groups in total. The zero-order valence-corrected chi connectivity index (χ0v) is 15.5. The van der Waals surface area contributed by atoms with Crippen LogP contribution in [0.15, 0.2) is 50.7 Å². The molecular formula is C18H19N3O4S. The molecule has 0 spiro atoms. The number of aryl methyl sites for hydroxylation is 1. The number of nitrogens with one attached hydrogen (secondary N) is 1. The van der Waals surface area contributed by atoms with Gasteiger partial charge in [0.2, 0.25) is 5.91 Å². The Morgan fingerprint density at radius 2 is 2.04 bits per heavy atom. The smallest absolute Gasteiger partial charge is 0.277 e. The molecule has 26 heavy (non-hydrogen) atoms. The summed E-state index contributed by atoms with van der Waals surface area (Å²) in [4.78, 5) is 12.3. The van der Waals surface area contributed by atoms with Crippen LogP contribution in [0.25, 0.3) is 11.5 Å². The zero-order valence-electron chi connectivity index (χ0n) is 14.7. The van der Waals surface area contributed by atoms with E-state index >= 15 is 0 Å². The van der Waals surface area contributed by atoms with Gasteiger partial charge in [-0.25, -0.2) is 0 Å². The first-order valence-electron chi connectivity index (χ1n) is 8.02. The maximum absolute atomic E-state index is 12.3. The van der Waals surface area contributed by atoms with Gasteiger partial charge in [0.1, 0.15) is 11.5 Å². The highest BCUT2D eigenvalue weighted by molar-refractivity contribution is 8.00. The Hall–Kier alpha value is -2.74. The molecule has 2 aromatic heterocycles. The molecule has 0 aliphatic rings. The number of amides is 1. The maximum Gasteiger partial charge on any atom is 0.277 e. The third kappa shape index (κ3) is 4.26. The van der Waals surface area contributed by atoms with E-state index < -0.39 is 0 Å². The van der Waals surface area contributed by atoms with E-state index in [0.29, 0.717) is 23.4 Å². The highest BCUT2D eigenvalue weighted by atomic mass is 32.2. The molecule has 1 amide bonds. The van der Waals surface area contributed by atoms with Gasteiger partial charge in [-0.05, 0) is 37.6 Å². The van der Waals surface area contributed by atoms with E-state index in [2.05, 4.69) is 15.5 Å². The number of hydrogen-bond acceptors (Lipinski definition) is 7. The van der Waals surface area contributed by atoms with Crippen LogP contribution >= 0.6 is 11.8 Å². The average molecular weight is 373 g/mol. The van der Waals surface area contributed by atoms with Gasteiger partial charge in [-0.15, -0.1) is 10.2 Å². The molecule has 0 aliphatic carbocycles. The third-order valence-electron chi connectivity index (χ3n) is 3.77. The molecule has 0 fully saturated rings. The molecule has 2 heterocycles. The molecule has 0 radical (unpaired) electrons. The number of carbonyl (C=O) groups is 1. The molecule has 8 heteroatoms. The van der Waals surface area contributed by atoms with Crippen molar-refractivity contribution in [2.24, 2.45) is 0 Å². The van der Waals surface area contributed by atoms with Gasteiger partial charge in [-0.3, -0.25) is 4.79 Å². The van der Waals surface area contributed by atoms with Crippen molar-refractivity contribution in [2.75, 3.05) is 7.11 Å².